The molecule has 0 spiro atoms. The second kappa shape index (κ2) is 12.2. The van der Waals surface area contributed by atoms with Crippen molar-refractivity contribution in [2.45, 2.75) is 62.2 Å². The number of fused-ring (bicyclic) bond motifs is 5. The molecule has 0 radical (unpaired) electrons. The van der Waals surface area contributed by atoms with Crippen molar-refractivity contribution in [2.75, 3.05) is 51.8 Å². The Morgan fingerprint density at radius 1 is 1.15 bits per heavy atom. The summed E-state index contributed by atoms with van der Waals surface area (Å²) in [6.07, 6.45) is 13.6. The number of amides is 1. The standard InChI is InChI=1S/C37H40FN7O3/c1-4-27-30(38)12-9-23-7-5-8-28(33(23)27)34-39-18-29-31(44-19-24-10-11-25(20-44)40-24)17-32(41-35(29)42-34)48-22-37-14-6-16-45(37)26(13-15-37)21-47-36(46)43(2)3/h1,5,7-9,12,17-18,24-26,40H,6,10-11,13-16,19-22H2,2-3H3/t24?,25?,26-,37-/m1/s1. The van der Waals surface area contributed by atoms with Gasteiger partial charge in [0, 0.05) is 68.5 Å². The minimum atomic E-state index is -0.451. The van der Waals surface area contributed by atoms with Gasteiger partial charge in [0.25, 0.3) is 0 Å². The van der Waals surface area contributed by atoms with Gasteiger partial charge >= 0.3 is 6.09 Å². The van der Waals surface area contributed by atoms with E-state index in [0.717, 1.165) is 74.6 Å². The smallest absolute Gasteiger partial charge is 0.409 e. The molecule has 2 aromatic carbocycles. The first kappa shape index (κ1) is 30.8. The number of terminal acetylenes is 1. The Labute approximate surface area is 279 Å². The molecular formula is C37H40FN7O3. The summed E-state index contributed by atoms with van der Waals surface area (Å²) in [5, 5.41) is 6.00. The molecule has 248 valence electrons. The average molecular weight is 650 g/mol. The van der Waals surface area contributed by atoms with Gasteiger partial charge in [-0.2, -0.15) is 4.98 Å². The fraction of sp³-hybridized carbons (Fsp3) is 0.459. The quantitative estimate of drug-likeness (QED) is 0.278. The van der Waals surface area contributed by atoms with Crippen molar-refractivity contribution in [2.24, 2.45) is 0 Å². The minimum absolute atomic E-state index is 0.129. The zero-order chi connectivity index (χ0) is 33.0. The van der Waals surface area contributed by atoms with Crippen molar-refractivity contribution in [1.82, 2.24) is 30.1 Å². The molecule has 10 nitrogen and oxygen atoms in total. The van der Waals surface area contributed by atoms with Crippen LogP contribution < -0.4 is 15.0 Å². The lowest BCUT2D eigenvalue weighted by molar-refractivity contribution is 0.0494. The van der Waals surface area contributed by atoms with Gasteiger partial charge in [0.2, 0.25) is 5.88 Å². The first-order valence-electron chi connectivity index (χ1n) is 16.9. The number of halogens is 1. The summed E-state index contributed by atoms with van der Waals surface area (Å²) in [6.45, 7) is 3.59. The summed E-state index contributed by atoms with van der Waals surface area (Å²) in [5.41, 5.74) is 2.25. The monoisotopic (exact) mass is 649 g/mol. The van der Waals surface area contributed by atoms with Crippen molar-refractivity contribution in [3.8, 4) is 29.6 Å². The summed E-state index contributed by atoms with van der Waals surface area (Å²) in [7, 11) is 3.40. The predicted octanol–water partition coefficient (Wildman–Crippen LogP) is 4.98. The number of nitrogens with zero attached hydrogens (tertiary/aromatic N) is 6. The maximum absolute atomic E-state index is 14.8. The van der Waals surface area contributed by atoms with Gasteiger partial charge in [-0.25, -0.2) is 19.2 Å². The summed E-state index contributed by atoms with van der Waals surface area (Å²) in [5.74, 6) is 3.03. The highest BCUT2D eigenvalue weighted by Gasteiger charge is 2.50. The van der Waals surface area contributed by atoms with Crippen LogP contribution in [0, 0.1) is 18.2 Å². The second-order valence-electron chi connectivity index (χ2n) is 13.9. The molecule has 48 heavy (non-hydrogen) atoms. The third kappa shape index (κ3) is 5.37. The van der Waals surface area contributed by atoms with Gasteiger partial charge in [0.05, 0.1) is 22.2 Å². The van der Waals surface area contributed by atoms with Crippen molar-refractivity contribution < 1.29 is 18.7 Å². The van der Waals surface area contributed by atoms with Crippen LogP contribution in [0.25, 0.3) is 33.2 Å². The number of nitrogens with one attached hydrogen (secondary N) is 1. The highest BCUT2D eigenvalue weighted by Crippen LogP contribution is 2.43. The molecule has 4 atom stereocenters. The molecule has 2 unspecified atom stereocenters. The van der Waals surface area contributed by atoms with Crippen LogP contribution in [0.3, 0.4) is 0 Å². The number of carbonyl (C=O) groups excluding carboxylic acids is 1. The number of carbonyl (C=O) groups is 1. The fourth-order valence-corrected chi connectivity index (χ4v) is 8.40. The topological polar surface area (TPSA) is 96.0 Å². The van der Waals surface area contributed by atoms with Gasteiger partial charge in [-0.05, 0) is 56.5 Å². The summed E-state index contributed by atoms with van der Waals surface area (Å²) in [6, 6.07) is 11.9. The van der Waals surface area contributed by atoms with E-state index in [2.05, 4.69) is 21.0 Å². The van der Waals surface area contributed by atoms with Crippen LogP contribution in [0.15, 0.2) is 42.6 Å². The third-order valence-electron chi connectivity index (χ3n) is 10.7. The lowest BCUT2D eigenvalue weighted by Gasteiger charge is -2.36. The molecule has 2 aromatic heterocycles. The van der Waals surface area contributed by atoms with Crippen LogP contribution in [0.5, 0.6) is 5.88 Å². The molecule has 4 fully saturated rings. The Kier molecular flexibility index (Phi) is 7.80. The number of aromatic nitrogens is 3. The minimum Gasteiger partial charge on any atom is -0.476 e. The van der Waals surface area contributed by atoms with E-state index in [1.165, 1.54) is 11.0 Å². The van der Waals surface area contributed by atoms with E-state index in [-0.39, 0.29) is 23.2 Å². The molecule has 2 bridgehead atoms. The molecule has 6 heterocycles. The number of hydrogen-bond acceptors (Lipinski definition) is 9. The molecule has 4 aliphatic heterocycles. The van der Waals surface area contributed by atoms with Gasteiger partial charge in [-0.1, -0.05) is 30.2 Å². The van der Waals surface area contributed by atoms with Crippen molar-refractivity contribution in [3.63, 3.8) is 0 Å². The van der Waals surface area contributed by atoms with Crippen LogP contribution in [0.4, 0.5) is 14.9 Å². The molecule has 1 amide bonds. The molecule has 8 rings (SSSR count). The number of pyridine rings is 1. The van der Waals surface area contributed by atoms with E-state index >= 15 is 0 Å². The first-order valence-corrected chi connectivity index (χ1v) is 16.9. The molecule has 0 aliphatic carbocycles. The zero-order valence-corrected chi connectivity index (χ0v) is 27.4. The third-order valence-corrected chi connectivity index (χ3v) is 10.7. The summed E-state index contributed by atoms with van der Waals surface area (Å²) >= 11 is 0. The fourth-order valence-electron chi connectivity index (χ4n) is 8.40. The summed E-state index contributed by atoms with van der Waals surface area (Å²) < 4.78 is 27.1. The van der Waals surface area contributed by atoms with Crippen LogP contribution in [0.2, 0.25) is 0 Å². The van der Waals surface area contributed by atoms with Crippen molar-refractivity contribution >= 4 is 33.6 Å². The van der Waals surface area contributed by atoms with E-state index in [0.29, 0.717) is 53.6 Å². The van der Waals surface area contributed by atoms with E-state index < -0.39 is 5.82 Å². The molecule has 4 aliphatic rings. The highest BCUT2D eigenvalue weighted by atomic mass is 19.1. The number of hydrogen-bond donors (Lipinski definition) is 1. The maximum atomic E-state index is 14.8. The molecule has 1 N–H and O–H groups in total. The Morgan fingerprint density at radius 3 is 2.77 bits per heavy atom. The van der Waals surface area contributed by atoms with E-state index in [1.54, 1.807) is 20.2 Å². The number of ether oxygens (including phenoxy) is 2. The normalized spacial score (nSPS) is 25.0. The SMILES string of the molecule is C#Cc1c(F)ccc2cccc(-c3ncc4c(N5CC6CCC(C5)N6)cc(OC[C@]56CCCN5[C@@H](COC(=O)N(C)C)CC6)nc4n3)c12. The average Bonchev–Trinajstić information content (AvgIpc) is 3.77. The lowest BCUT2D eigenvalue weighted by atomic mass is 9.95. The first-order chi connectivity index (χ1) is 23.3. The Morgan fingerprint density at radius 2 is 1.98 bits per heavy atom. The molecule has 4 saturated heterocycles. The van der Waals surface area contributed by atoms with Crippen LogP contribution >= 0.6 is 0 Å². The number of anilines is 1. The van der Waals surface area contributed by atoms with Crippen LogP contribution in [-0.2, 0) is 4.74 Å². The second-order valence-corrected chi connectivity index (χ2v) is 13.9. The Bertz CT molecular complexity index is 1930. The highest BCUT2D eigenvalue weighted by molar-refractivity contribution is 6.00. The van der Waals surface area contributed by atoms with Gasteiger partial charge in [-0.15, -0.1) is 6.42 Å². The molecular weight excluding hydrogens is 609 g/mol. The maximum Gasteiger partial charge on any atom is 0.409 e. The van der Waals surface area contributed by atoms with E-state index in [1.807, 2.05) is 30.5 Å². The van der Waals surface area contributed by atoms with E-state index in [9.17, 15) is 9.18 Å². The molecule has 11 heteroatoms. The summed E-state index contributed by atoms with van der Waals surface area (Å²) in [4.78, 5) is 33.2. The van der Waals surface area contributed by atoms with Gasteiger partial charge in [-0.3, -0.25) is 4.90 Å². The van der Waals surface area contributed by atoms with Gasteiger partial charge in [0.15, 0.2) is 11.5 Å². The number of benzene rings is 2. The largest absolute Gasteiger partial charge is 0.476 e. The van der Waals surface area contributed by atoms with Crippen molar-refractivity contribution in [1.29, 1.82) is 0 Å². The molecule has 0 saturated carbocycles. The van der Waals surface area contributed by atoms with Crippen LogP contribution in [-0.4, -0.2) is 101 Å². The number of rotatable bonds is 7. The van der Waals surface area contributed by atoms with Gasteiger partial charge in [0.1, 0.15) is 19.0 Å². The molecule has 4 aromatic rings. The van der Waals surface area contributed by atoms with Crippen LogP contribution in [0.1, 0.15) is 44.1 Å². The van der Waals surface area contributed by atoms with E-state index in [4.69, 9.17) is 30.8 Å². The zero-order valence-electron chi connectivity index (χ0n) is 27.4. The van der Waals surface area contributed by atoms with Crippen molar-refractivity contribution in [3.05, 3.63) is 54.0 Å². The predicted molar refractivity (Wildman–Crippen MR) is 183 cm³/mol. The Hall–Kier alpha value is -4.53. The Balaban J connectivity index is 1.14. The number of piperazine rings is 1. The lowest BCUT2D eigenvalue weighted by Crippen LogP contribution is -2.51. The van der Waals surface area contributed by atoms with Gasteiger partial charge < -0.3 is 24.6 Å².